The van der Waals surface area contributed by atoms with Crippen molar-refractivity contribution in [2.45, 2.75) is 35.9 Å². The van der Waals surface area contributed by atoms with Crippen LogP contribution in [0.3, 0.4) is 0 Å². The number of H-pyrrole nitrogens is 1. The highest BCUT2D eigenvalue weighted by Crippen LogP contribution is 2.45. The van der Waals surface area contributed by atoms with Crippen LogP contribution in [0.1, 0.15) is 11.8 Å². The van der Waals surface area contributed by atoms with Crippen molar-refractivity contribution in [1.82, 2.24) is 9.55 Å². The molecule has 2 N–H and O–H groups in total. The van der Waals surface area contributed by atoms with Gasteiger partial charge in [0.15, 0.2) is 6.23 Å². The molecule has 10 nitrogen and oxygen atoms in total. The lowest BCUT2D eigenvalue weighted by molar-refractivity contribution is -0.243. The number of rotatable bonds is 5. The highest BCUT2D eigenvalue weighted by atomic mass is 32.2. The Bertz CT molecular complexity index is 1110. The Kier molecular flexibility index (Phi) is 4.51. The van der Waals surface area contributed by atoms with Gasteiger partial charge in [-0.05, 0) is 19.1 Å². The summed E-state index contributed by atoms with van der Waals surface area (Å²) in [5.74, 6) is 0. The lowest BCUT2D eigenvalue weighted by Crippen LogP contribution is -2.61. The van der Waals surface area contributed by atoms with E-state index in [4.69, 9.17) is 13.7 Å². The van der Waals surface area contributed by atoms with Crippen molar-refractivity contribution in [1.29, 1.82) is 0 Å². The van der Waals surface area contributed by atoms with Crippen LogP contribution in [0.25, 0.3) is 0 Å². The van der Waals surface area contributed by atoms with Gasteiger partial charge in [-0.2, -0.15) is 8.42 Å². The average Bonchev–Trinajstić information content (AvgIpc) is 2.80. The van der Waals surface area contributed by atoms with E-state index in [9.17, 15) is 23.1 Å². The monoisotopic (exact) mass is 410 g/mol. The Morgan fingerprint density at radius 2 is 2.00 bits per heavy atom. The van der Waals surface area contributed by atoms with Crippen molar-refractivity contribution < 1.29 is 27.2 Å². The predicted molar refractivity (Wildman–Crippen MR) is 94.2 cm³/mol. The zero-order valence-corrected chi connectivity index (χ0v) is 15.6. The van der Waals surface area contributed by atoms with Crippen molar-refractivity contribution in [3.8, 4) is 0 Å². The molecular weight excluding hydrogens is 392 g/mol. The second-order valence-corrected chi connectivity index (χ2v) is 8.46. The number of aliphatic hydroxyl groups excluding tert-OH is 1. The SMILES string of the molecule is Cc1ccc(S(=O)(=O)OC[C@]23CO[C@H]2[C@@H](O)[C@H](n2ccc(=O)[nH]c2=O)O3)cc1. The first-order valence-corrected chi connectivity index (χ1v) is 9.88. The number of benzene rings is 1. The zero-order valence-electron chi connectivity index (χ0n) is 14.8. The van der Waals surface area contributed by atoms with E-state index >= 15 is 0 Å². The van der Waals surface area contributed by atoms with E-state index in [1.54, 1.807) is 12.1 Å². The summed E-state index contributed by atoms with van der Waals surface area (Å²) in [5, 5.41) is 10.5. The molecule has 2 saturated heterocycles. The van der Waals surface area contributed by atoms with E-state index in [0.29, 0.717) is 0 Å². The minimum Gasteiger partial charge on any atom is -0.386 e. The molecule has 0 amide bonds. The maximum atomic E-state index is 12.4. The van der Waals surface area contributed by atoms with Gasteiger partial charge < -0.3 is 14.6 Å². The lowest BCUT2D eigenvalue weighted by atomic mass is 9.91. The van der Waals surface area contributed by atoms with Gasteiger partial charge in [0.1, 0.15) is 24.4 Å². The van der Waals surface area contributed by atoms with Crippen LogP contribution in [0.4, 0.5) is 0 Å². The first kappa shape index (κ1) is 19.0. The molecule has 150 valence electrons. The van der Waals surface area contributed by atoms with Crippen LogP contribution in [0, 0.1) is 6.92 Å². The van der Waals surface area contributed by atoms with Gasteiger partial charge in [-0.15, -0.1) is 0 Å². The molecule has 1 aromatic heterocycles. The van der Waals surface area contributed by atoms with Crippen molar-refractivity contribution in [3.05, 3.63) is 62.9 Å². The quantitative estimate of drug-likeness (QED) is 0.616. The number of aliphatic hydroxyl groups is 1. The normalized spacial score (nSPS) is 29.3. The number of nitrogens with one attached hydrogen (secondary N) is 1. The van der Waals surface area contributed by atoms with Gasteiger partial charge in [0.25, 0.3) is 15.7 Å². The Balaban J connectivity index is 1.54. The fourth-order valence-corrected chi connectivity index (χ4v) is 4.25. The fraction of sp³-hybridized carbons (Fsp3) is 0.412. The number of fused-ring (bicyclic) bond motifs is 1. The van der Waals surface area contributed by atoms with Crippen molar-refractivity contribution in [2.24, 2.45) is 0 Å². The summed E-state index contributed by atoms with van der Waals surface area (Å²) in [5.41, 5.74) is -1.67. The summed E-state index contributed by atoms with van der Waals surface area (Å²) in [4.78, 5) is 25.3. The fourth-order valence-electron chi connectivity index (χ4n) is 3.29. The molecule has 4 atom stereocenters. The van der Waals surface area contributed by atoms with Crippen molar-refractivity contribution in [2.75, 3.05) is 13.2 Å². The van der Waals surface area contributed by atoms with Crippen LogP contribution in [0.2, 0.25) is 0 Å². The maximum Gasteiger partial charge on any atom is 0.330 e. The van der Waals surface area contributed by atoms with E-state index in [-0.39, 0.29) is 18.1 Å². The highest BCUT2D eigenvalue weighted by Gasteiger charge is 2.63. The van der Waals surface area contributed by atoms with Gasteiger partial charge in [-0.25, -0.2) is 4.79 Å². The molecule has 2 aliphatic heterocycles. The minimum atomic E-state index is -4.04. The third kappa shape index (κ3) is 3.10. The van der Waals surface area contributed by atoms with Crippen LogP contribution in [0.5, 0.6) is 0 Å². The number of aromatic nitrogens is 2. The molecule has 1 aromatic carbocycles. The van der Waals surface area contributed by atoms with Gasteiger partial charge in [-0.3, -0.25) is 18.5 Å². The van der Waals surface area contributed by atoms with Crippen molar-refractivity contribution >= 4 is 10.1 Å². The van der Waals surface area contributed by atoms with Crippen LogP contribution in [-0.2, 0) is 23.8 Å². The predicted octanol–water partition coefficient (Wildman–Crippen LogP) is -0.722. The summed E-state index contributed by atoms with van der Waals surface area (Å²) in [6.07, 6.45) is -2.08. The summed E-state index contributed by atoms with van der Waals surface area (Å²) in [6, 6.07) is 7.29. The molecule has 4 rings (SSSR count). The number of ether oxygens (including phenoxy) is 2. The first-order valence-electron chi connectivity index (χ1n) is 8.47. The largest absolute Gasteiger partial charge is 0.386 e. The number of aromatic amines is 1. The Morgan fingerprint density at radius 3 is 2.61 bits per heavy atom. The van der Waals surface area contributed by atoms with Crippen LogP contribution in [0.15, 0.2) is 51.0 Å². The Morgan fingerprint density at radius 1 is 1.29 bits per heavy atom. The molecular formula is C17H18N2O8S. The van der Waals surface area contributed by atoms with Crippen LogP contribution in [-0.4, -0.2) is 54.1 Å². The summed E-state index contributed by atoms with van der Waals surface area (Å²) in [6.45, 7) is 1.44. The molecule has 0 radical (unpaired) electrons. The third-order valence-electron chi connectivity index (χ3n) is 4.88. The summed E-state index contributed by atoms with van der Waals surface area (Å²) < 4.78 is 42.1. The van der Waals surface area contributed by atoms with Gasteiger partial charge in [0.2, 0.25) is 0 Å². The number of hydrogen-bond donors (Lipinski definition) is 2. The lowest BCUT2D eigenvalue weighted by Gasteiger charge is -2.42. The smallest absolute Gasteiger partial charge is 0.330 e. The molecule has 2 aliphatic rings. The standard InChI is InChI=1S/C17H18N2O8S/c1-10-2-4-11(5-3-10)28(23,24)26-9-17-8-25-14(17)13(21)15(27-17)19-7-6-12(20)18-16(19)22/h2-7,13-15,21H,8-9H2,1H3,(H,18,20,22)/t13-,14+,15-,17-/m1/s1. The molecule has 3 heterocycles. The van der Waals surface area contributed by atoms with Gasteiger partial charge in [0, 0.05) is 12.3 Å². The molecule has 2 fully saturated rings. The van der Waals surface area contributed by atoms with Crippen LogP contribution < -0.4 is 11.2 Å². The summed E-state index contributed by atoms with van der Waals surface area (Å²) >= 11 is 0. The second kappa shape index (κ2) is 6.64. The first-order chi connectivity index (χ1) is 13.2. The zero-order chi connectivity index (χ0) is 20.1. The van der Waals surface area contributed by atoms with E-state index in [1.165, 1.54) is 18.3 Å². The maximum absolute atomic E-state index is 12.4. The van der Waals surface area contributed by atoms with Gasteiger partial charge in [0.05, 0.1) is 11.5 Å². The molecule has 0 unspecified atom stereocenters. The second-order valence-electron chi connectivity index (χ2n) is 6.84. The van der Waals surface area contributed by atoms with E-state index in [0.717, 1.165) is 16.2 Å². The Hall–Kier alpha value is -2.31. The van der Waals surface area contributed by atoms with E-state index in [1.807, 2.05) is 6.92 Å². The van der Waals surface area contributed by atoms with E-state index in [2.05, 4.69) is 4.98 Å². The molecule has 0 aliphatic carbocycles. The highest BCUT2D eigenvalue weighted by molar-refractivity contribution is 7.86. The number of nitrogens with zero attached hydrogens (tertiary/aromatic N) is 1. The number of aryl methyl sites for hydroxylation is 1. The minimum absolute atomic E-state index is 0.00163. The molecule has 28 heavy (non-hydrogen) atoms. The van der Waals surface area contributed by atoms with Gasteiger partial charge in [-0.1, -0.05) is 17.7 Å². The molecule has 2 aromatic rings. The molecule has 0 spiro atoms. The van der Waals surface area contributed by atoms with E-state index < -0.39 is 45.4 Å². The van der Waals surface area contributed by atoms with Gasteiger partial charge >= 0.3 is 5.69 Å². The number of hydrogen-bond acceptors (Lipinski definition) is 8. The van der Waals surface area contributed by atoms with Crippen LogP contribution >= 0.6 is 0 Å². The molecule has 0 bridgehead atoms. The summed E-state index contributed by atoms with van der Waals surface area (Å²) in [7, 11) is -4.04. The molecule has 0 saturated carbocycles. The molecule has 11 heteroatoms. The third-order valence-corrected chi connectivity index (χ3v) is 6.15. The average molecular weight is 410 g/mol. The van der Waals surface area contributed by atoms with Crippen molar-refractivity contribution in [3.63, 3.8) is 0 Å². The Labute approximate surface area is 159 Å². The topological polar surface area (TPSA) is 137 Å².